The molecule has 1 aromatic rings. The molecule has 18 heavy (non-hydrogen) atoms. The first-order chi connectivity index (χ1) is 8.49. The third-order valence-electron chi connectivity index (χ3n) is 2.08. The second kappa shape index (κ2) is 6.42. The normalized spacial score (nSPS) is 10.4. The maximum Gasteiger partial charge on any atom is 0.330 e. The number of allylic oxidation sites excluding steroid dienone is 1. The smallest absolute Gasteiger partial charge is 0.330 e. The highest BCUT2D eigenvalue weighted by atomic mass is 35.5. The number of ketones is 1. The molecule has 0 unspecified atom stereocenters. The van der Waals surface area contributed by atoms with Gasteiger partial charge in [0.25, 0.3) is 0 Å². The predicted molar refractivity (Wildman–Crippen MR) is 68.5 cm³/mol. The van der Waals surface area contributed by atoms with E-state index in [1.807, 2.05) is 0 Å². The van der Waals surface area contributed by atoms with Gasteiger partial charge >= 0.3 is 5.97 Å². The van der Waals surface area contributed by atoms with Gasteiger partial charge < -0.3 is 9.47 Å². The zero-order chi connectivity index (χ0) is 13.7. The molecular formula is C12H10Cl2O4. The Morgan fingerprint density at radius 3 is 2.28 bits per heavy atom. The van der Waals surface area contributed by atoms with Crippen LogP contribution in [-0.4, -0.2) is 26.0 Å². The van der Waals surface area contributed by atoms with E-state index in [0.717, 1.165) is 12.2 Å². The van der Waals surface area contributed by atoms with E-state index in [0.29, 0.717) is 0 Å². The van der Waals surface area contributed by atoms with E-state index in [-0.39, 0.29) is 21.4 Å². The van der Waals surface area contributed by atoms with Crippen LogP contribution in [0, 0.1) is 0 Å². The molecular weight excluding hydrogens is 279 g/mol. The van der Waals surface area contributed by atoms with Crippen LogP contribution < -0.4 is 4.74 Å². The molecule has 1 aromatic carbocycles. The summed E-state index contributed by atoms with van der Waals surface area (Å²) in [5, 5.41) is 0.509. The van der Waals surface area contributed by atoms with Crippen molar-refractivity contribution in [1.29, 1.82) is 0 Å². The van der Waals surface area contributed by atoms with Gasteiger partial charge in [-0.15, -0.1) is 0 Å². The van der Waals surface area contributed by atoms with Gasteiger partial charge in [-0.1, -0.05) is 23.2 Å². The van der Waals surface area contributed by atoms with Crippen molar-refractivity contribution in [2.24, 2.45) is 0 Å². The summed E-state index contributed by atoms with van der Waals surface area (Å²) in [4.78, 5) is 22.7. The number of ether oxygens (including phenoxy) is 2. The number of hydrogen-bond donors (Lipinski definition) is 0. The molecule has 0 amide bonds. The van der Waals surface area contributed by atoms with Crippen molar-refractivity contribution >= 4 is 35.0 Å². The Morgan fingerprint density at radius 2 is 1.72 bits per heavy atom. The van der Waals surface area contributed by atoms with E-state index in [2.05, 4.69) is 4.74 Å². The van der Waals surface area contributed by atoms with Gasteiger partial charge in [0.15, 0.2) is 5.78 Å². The highest BCUT2D eigenvalue weighted by Crippen LogP contribution is 2.30. The van der Waals surface area contributed by atoms with Gasteiger partial charge in [-0.2, -0.15) is 0 Å². The second-order valence-corrected chi connectivity index (χ2v) is 4.00. The van der Waals surface area contributed by atoms with Gasteiger partial charge in [-0.05, 0) is 12.1 Å². The predicted octanol–water partition coefficient (Wildman–Crippen LogP) is 2.91. The van der Waals surface area contributed by atoms with Crippen molar-refractivity contribution < 1.29 is 19.1 Å². The van der Waals surface area contributed by atoms with Gasteiger partial charge in [0.05, 0.1) is 29.8 Å². The molecule has 0 N–H and O–H groups in total. The van der Waals surface area contributed by atoms with E-state index >= 15 is 0 Å². The fourth-order valence-electron chi connectivity index (χ4n) is 1.19. The van der Waals surface area contributed by atoms with Gasteiger partial charge in [0, 0.05) is 12.1 Å². The quantitative estimate of drug-likeness (QED) is 0.486. The molecule has 0 aromatic heterocycles. The van der Waals surface area contributed by atoms with Crippen LogP contribution in [0.2, 0.25) is 10.0 Å². The second-order valence-electron chi connectivity index (χ2n) is 3.19. The minimum absolute atomic E-state index is 0.215. The standard InChI is InChI=1S/C12H10Cl2O4/c1-17-11-6-9(14)8(13)5-7(11)10(15)3-4-12(16)18-2/h3-6H,1-2H3/b4-3+. The molecule has 0 spiro atoms. The Hall–Kier alpha value is -1.52. The highest BCUT2D eigenvalue weighted by Gasteiger charge is 2.13. The largest absolute Gasteiger partial charge is 0.496 e. The molecule has 0 radical (unpaired) electrons. The number of hydrogen-bond acceptors (Lipinski definition) is 4. The lowest BCUT2D eigenvalue weighted by molar-refractivity contribution is -0.134. The van der Waals surface area contributed by atoms with E-state index in [1.165, 1.54) is 26.4 Å². The summed E-state index contributed by atoms with van der Waals surface area (Å²) < 4.78 is 9.40. The zero-order valence-corrected chi connectivity index (χ0v) is 11.2. The Labute approximate surface area is 114 Å². The maximum atomic E-state index is 11.8. The molecule has 0 heterocycles. The number of carbonyl (C=O) groups excluding carboxylic acids is 2. The first-order valence-electron chi connectivity index (χ1n) is 4.83. The Morgan fingerprint density at radius 1 is 1.11 bits per heavy atom. The van der Waals surface area contributed by atoms with Crippen molar-refractivity contribution in [2.45, 2.75) is 0 Å². The lowest BCUT2D eigenvalue weighted by Gasteiger charge is -2.07. The third-order valence-corrected chi connectivity index (χ3v) is 2.80. The number of esters is 1. The minimum atomic E-state index is -0.623. The number of methoxy groups -OCH3 is 2. The molecule has 4 nitrogen and oxygen atoms in total. The topological polar surface area (TPSA) is 52.6 Å². The van der Waals surface area contributed by atoms with Crippen LogP contribution in [0.3, 0.4) is 0 Å². The van der Waals surface area contributed by atoms with E-state index in [4.69, 9.17) is 27.9 Å². The van der Waals surface area contributed by atoms with Gasteiger partial charge in [-0.3, -0.25) is 4.79 Å². The Balaban J connectivity index is 3.09. The maximum absolute atomic E-state index is 11.8. The fourth-order valence-corrected chi connectivity index (χ4v) is 1.51. The third kappa shape index (κ3) is 3.48. The lowest BCUT2D eigenvalue weighted by atomic mass is 10.1. The molecule has 1 rings (SSSR count). The summed E-state index contributed by atoms with van der Waals surface area (Å²) in [5.74, 6) is -0.776. The molecule has 6 heteroatoms. The van der Waals surface area contributed by atoms with Gasteiger partial charge in [-0.25, -0.2) is 4.79 Å². The summed E-state index contributed by atoms with van der Waals surface area (Å²) in [7, 11) is 2.62. The zero-order valence-electron chi connectivity index (χ0n) is 9.70. The van der Waals surface area contributed by atoms with Gasteiger partial charge in [0.1, 0.15) is 5.75 Å². The summed E-state index contributed by atoms with van der Waals surface area (Å²) >= 11 is 11.6. The molecule has 0 aliphatic rings. The summed E-state index contributed by atoms with van der Waals surface area (Å²) in [6, 6.07) is 2.82. The van der Waals surface area contributed by atoms with Crippen molar-refractivity contribution in [3.8, 4) is 5.75 Å². The van der Waals surface area contributed by atoms with Crippen LogP contribution in [0.1, 0.15) is 10.4 Å². The first kappa shape index (κ1) is 14.5. The van der Waals surface area contributed by atoms with Crippen molar-refractivity contribution in [3.63, 3.8) is 0 Å². The Kier molecular flexibility index (Phi) is 5.19. The monoisotopic (exact) mass is 288 g/mol. The number of benzene rings is 1. The molecule has 0 bridgehead atoms. The van der Waals surface area contributed by atoms with Crippen molar-refractivity contribution in [1.82, 2.24) is 0 Å². The molecule has 0 aliphatic carbocycles. The van der Waals surface area contributed by atoms with E-state index < -0.39 is 11.8 Å². The lowest BCUT2D eigenvalue weighted by Crippen LogP contribution is -2.01. The molecule has 0 fully saturated rings. The molecule has 0 saturated carbocycles. The molecule has 0 atom stereocenters. The first-order valence-corrected chi connectivity index (χ1v) is 5.58. The number of carbonyl (C=O) groups is 2. The molecule has 0 aliphatic heterocycles. The summed E-state index contributed by atoms with van der Waals surface area (Å²) in [6.07, 6.45) is 2.10. The van der Waals surface area contributed by atoms with Crippen LogP contribution >= 0.6 is 23.2 Å². The average Bonchev–Trinajstić information content (AvgIpc) is 2.37. The number of halogens is 2. The minimum Gasteiger partial charge on any atom is -0.496 e. The highest BCUT2D eigenvalue weighted by molar-refractivity contribution is 6.42. The van der Waals surface area contributed by atoms with Crippen molar-refractivity contribution in [2.75, 3.05) is 14.2 Å². The molecule has 96 valence electrons. The summed E-state index contributed by atoms with van der Waals surface area (Å²) in [5.41, 5.74) is 0.215. The van der Waals surface area contributed by atoms with Crippen molar-refractivity contribution in [3.05, 3.63) is 39.9 Å². The van der Waals surface area contributed by atoms with Gasteiger partial charge in [0.2, 0.25) is 0 Å². The number of rotatable bonds is 4. The fraction of sp³-hybridized carbons (Fsp3) is 0.167. The molecule has 0 saturated heterocycles. The van der Waals surface area contributed by atoms with Crippen LogP contribution in [0.5, 0.6) is 5.75 Å². The Bertz CT molecular complexity index is 509. The van der Waals surface area contributed by atoms with Crippen LogP contribution in [0.15, 0.2) is 24.3 Å². The van der Waals surface area contributed by atoms with E-state index in [9.17, 15) is 9.59 Å². The average molecular weight is 289 g/mol. The SMILES string of the molecule is COC(=O)/C=C/C(=O)c1cc(Cl)c(Cl)cc1OC. The van der Waals surface area contributed by atoms with Crippen LogP contribution in [-0.2, 0) is 9.53 Å². The van der Waals surface area contributed by atoms with Crippen LogP contribution in [0.25, 0.3) is 0 Å². The summed E-state index contributed by atoms with van der Waals surface area (Å²) in [6.45, 7) is 0. The van der Waals surface area contributed by atoms with E-state index in [1.54, 1.807) is 0 Å². The van der Waals surface area contributed by atoms with Crippen LogP contribution in [0.4, 0.5) is 0 Å².